The van der Waals surface area contributed by atoms with Crippen LogP contribution < -0.4 is 4.74 Å². The van der Waals surface area contributed by atoms with Crippen molar-refractivity contribution in [3.8, 4) is 5.75 Å². The third-order valence-electron chi connectivity index (χ3n) is 2.84. The van der Waals surface area contributed by atoms with E-state index in [4.69, 9.17) is 4.74 Å². The van der Waals surface area contributed by atoms with E-state index in [1.165, 1.54) is 6.07 Å². The minimum Gasteiger partial charge on any atom is -0.491 e. The first kappa shape index (κ1) is 15.0. The first-order valence-electron chi connectivity index (χ1n) is 6.37. The summed E-state index contributed by atoms with van der Waals surface area (Å²) < 4.78 is 19.9. The molecule has 106 valence electrons. The summed E-state index contributed by atoms with van der Waals surface area (Å²) in [4.78, 5) is 0. The quantitative estimate of drug-likeness (QED) is 0.891. The molecule has 1 unspecified atom stereocenters. The Balaban J connectivity index is 2.27. The molecule has 20 heavy (non-hydrogen) atoms. The maximum Gasteiger partial charge on any atom is 0.130 e. The highest BCUT2D eigenvalue weighted by Crippen LogP contribution is 2.31. The molecule has 0 aliphatic heterocycles. The second kappa shape index (κ2) is 6.37. The maximum atomic E-state index is 13.8. The Hall–Kier alpha value is -1.39. The number of halogens is 2. The molecule has 2 aromatic rings. The van der Waals surface area contributed by atoms with Crippen molar-refractivity contribution in [2.45, 2.75) is 26.1 Å². The topological polar surface area (TPSA) is 29.5 Å². The lowest BCUT2D eigenvalue weighted by atomic mass is 10.0. The smallest absolute Gasteiger partial charge is 0.130 e. The van der Waals surface area contributed by atoms with Gasteiger partial charge in [0.1, 0.15) is 17.7 Å². The summed E-state index contributed by atoms with van der Waals surface area (Å²) in [7, 11) is 0. The Morgan fingerprint density at radius 2 is 1.75 bits per heavy atom. The van der Waals surface area contributed by atoms with Crippen LogP contribution in [0.15, 0.2) is 46.9 Å². The van der Waals surface area contributed by atoms with E-state index >= 15 is 0 Å². The van der Waals surface area contributed by atoms with E-state index in [9.17, 15) is 9.50 Å². The minimum absolute atomic E-state index is 0.0893. The molecule has 4 heteroatoms. The summed E-state index contributed by atoms with van der Waals surface area (Å²) >= 11 is 3.27. The van der Waals surface area contributed by atoms with Gasteiger partial charge in [-0.25, -0.2) is 4.39 Å². The van der Waals surface area contributed by atoms with E-state index in [2.05, 4.69) is 15.9 Å². The van der Waals surface area contributed by atoms with Crippen LogP contribution in [0.1, 0.15) is 31.1 Å². The maximum absolute atomic E-state index is 13.8. The van der Waals surface area contributed by atoms with Gasteiger partial charge >= 0.3 is 0 Å². The van der Waals surface area contributed by atoms with Gasteiger partial charge in [-0.05, 0) is 43.7 Å². The number of hydrogen-bond acceptors (Lipinski definition) is 2. The third kappa shape index (κ3) is 3.38. The molecule has 1 atom stereocenters. The van der Waals surface area contributed by atoms with Gasteiger partial charge in [-0.1, -0.05) is 34.1 Å². The van der Waals surface area contributed by atoms with Crippen molar-refractivity contribution < 1.29 is 14.2 Å². The average Bonchev–Trinajstić information content (AvgIpc) is 2.38. The standard InChI is InChI=1S/C16H16BrFO2/c1-10(2)20-12-8-6-11(7-9-12)16(19)15-13(17)4-3-5-14(15)18/h3-10,16,19H,1-2H3. The molecule has 0 saturated carbocycles. The summed E-state index contributed by atoms with van der Waals surface area (Å²) in [5.74, 6) is 0.290. The highest BCUT2D eigenvalue weighted by atomic mass is 79.9. The first-order valence-corrected chi connectivity index (χ1v) is 7.17. The molecule has 0 amide bonds. The van der Waals surface area contributed by atoms with Crippen molar-refractivity contribution >= 4 is 15.9 Å². The molecule has 2 nitrogen and oxygen atoms in total. The molecule has 2 rings (SSSR count). The van der Waals surface area contributed by atoms with Crippen molar-refractivity contribution in [3.63, 3.8) is 0 Å². The van der Waals surface area contributed by atoms with Gasteiger partial charge in [-0.15, -0.1) is 0 Å². The predicted octanol–water partition coefficient (Wildman–Crippen LogP) is 4.46. The van der Waals surface area contributed by atoms with Gasteiger partial charge < -0.3 is 9.84 Å². The molecule has 0 aliphatic rings. The molecule has 0 aliphatic carbocycles. The van der Waals surface area contributed by atoms with Crippen molar-refractivity contribution in [2.24, 2.45) is 0 Å². The Morgan fingerprint density at radius 1 is 1.10 bits per heavy atom. The van der Waals surface area contributed by atoms with Crippen molar-refractivity contribution in [2.75, 3.05) is 0 Å². The Labute approximate surface area is 126 Å². The summed E-state index contributed by atoms with van der Waals surface area (Å²) in [6.45, 7) is 3.89. The molecule has 0 heterocycles. The largest absolute Gasteiger partial charge is 0.491 e. The zero-order chi connectivity index (χ0) is 14.7. The van der Waals surface area contributed by atoms with E-state index in [0.717, 1.165) is 5.75 Å². The lowest BCUT2D eigenvalue weighted by molar-refractivity contribution is 0.213. The Kier molecular flexibility index (Phi) is 4.78. The average molecular weight is 339 g/mol. The molecule has 0 fully saturated rings. The van der Waals surface area contributed by atoms with E-state index in [-0.39, 0.29) is 11.7 Å². The van der Waals surface area contributed by atoms with Crippen LogP contribution in [0.2, 0.25) is 0 Å². The molecule has 2 aromatic carbocycles. The molecule has 0 saturated heterocycles. The van der Waals surface area contributed by atoms with E-state index in [1.807, 2.05) is 13.8 Å². The van der Waals surface area contributed by atoms with E-state index in [1.54, 1.807) is 36.4 Å². The highest BCUT2D eigenvalue weighted by Gasteiger charge is 2.18. The van der Waals surface area contributed by atoms with Crippen LogP contribution in [0.25, 0.3) is 0 Å². The molecule has 0 spiro atoms. The summed E-state index contributed by atoms with van der Waals surface area (Å²) in [6.07, 6.45) is -0.926. The Morgan fingerprint density at radius 3 is 2.30 bits per heavy atom. The summed E-state index contributed by atoms with van der Waals surface area (Å²) in [6, 6.07) is 11.6. The van der Waals surface area contributed by atoms with Gasteiger partial charge in [0.25, 0.3) is 0 Å². The van der Waals surface area contributed by atoms with Crippen LogP contribution in [0, 0.1) is 5.82 Å². The normalized spacial score (nSPS) is 12.5. The van der Waals surface area contributed by atoms with Crippen LogP contribution in [-0.4, -0.2) is 11.2 Å². The van der Waals surface area contributed by atoms with Crippen molar-refractivity contribution in [3.05, 3.63) is 63.9 Å². The van der Waals surface area contributed by atoms with Crippen LogP contribution in [0.3, 0.4) is 0 Å². The summed E-state index contributed by atoms with van der Waals surface area (Å²) in [5, 5.41) is 10.3. The second-order valence-electron chi connectivity index (χ2n) is 4.77. The Bertz CT molecular complexity index is 561. The first-order chi connectivity index (χ1) is 9.49. The SMILES string of the molecule is CC(C)Oc1ccc(C(O)c2c(F)cccc2Br)cc1. The zero-order valence-corrected chi connectivity index (χ0v) is 12.9. The van der Waals surface area contributed by atoms with Gasteiger partial charge in [0.05, 0.1) is 6.10 Å². The van der Waals surface area contributed by atoms with E-state index in [0.29, 0.717) is 10.0 Å². The van der Waals surface area contributed by atoms with Crippen molar-refractivity contribution in [1.29, 1.82) is 0 Å². The molecular weight excluding hydrogens is 323 g/mol. The molecular formula is C16H16BrFO2. The van der Waals surface area contributed by atoms with Crippen molar-refractivity contribution in [1.82, 2.24) is 0 Å². The lowest BCUT2D eigenvalue weighted by Crippen LogP contribution is -2.06. The van der Waals surface area contributed by atoms with Gasteiger partial charge in [0.2, 0.25) is 0 Å². The number of hydrogen-bond donors (Lipinski definition) is 1. The number of benzene rings is 2. The minimum atomic E-state index is -1.02. The monoisotopic (exact) mass is 338 g/mol. The molecule has 1 N–H and O–H groups in total. The fourth-order valence-corrected chi connectivity index (χ4v) is 2.50. The molecule has 0 radical (unpaired) electrons. The number of aliphatic hydroxyl groups is 1. The highest BCUT2D eigenvalue weighted by molar-refractivity contribution is 9.10. The fourth-order valence-electron chi connectivity index (χ4n) is 1.94. The third-order valence-corrected chi connectivity index (χ3v) is 3.53. The summed E-state index contributed by atoms with van der Waals surface area (Å²) in [5.41, 5.74) is 0.858. The lowest BCUT2D eigenvalue weighted by Gasteiger charge is -2.15. The van der Waals surface area contributed by atoms with Gasteiger partial charge in [-0.2, -0.15) is 0 Å². The van der Waals surface area contributed by atoms with Crippen LogP contribution >= 0.6 is 15.9 Å². The van der Waals surface area contributed by atoms with Crippen LogP contribution in [0.5, 0.6) is 5.75 Å². The number of aliphatic hydroxyl groups excluding tert-OH is 1. The van der Waals surface area contributed by atoms with Crippen LogP contribution in [0.4, 0.5) is 4.39 Å². The van der Waals surface area contributed by atoms with Gasteiger partial charge in [0.15, 0.2) is 0 Å². The van der Waals surface area contributed by atoms with Crippen LogP contribution in [-0.2, 0) is 0 Å². The molecule has 0 bridgehead atoms. The number of rotatable bonds is 4. The second-order valence-corrected chi connectivity index (χ2v) is 5.63. The van der Waals surface area contributed by atoms with Gasteiger partial charge in [0, 0.05) is 10.0 Å². The fraction of sp³-hybridized carbons (Fsp3) is 0.250. The number of ether oxygens (including phenoxy) is 1. The van der Waals surface area contributed by atoms with E-state index < -0.39 is 11.9 Å². The zero-order valence-electron chi connectivity index (χ0n) is 11.3. The predicted molar refractivity (Wildman–Crippen MR) is 80.4 cm³/mol. The molecule has 0 aromatic heterocycles. The van der Waals surface area contributed by atoms with Gasteiger partial charge in [-0.3, -0.25) is 0 Å².